The van der Waals surface area contributed by atoms with Crippen molar-refractivity contribution in [1.82, 2.24) is 0 Å². The maximum atomic E-state index is 11.4. The van der Waals surface area contributed by atoms with Gasteiger partial charge in [0.15, 0.2) is 12.2 Å². The van der Waals surface area contributed by atoms with Gasteiger partial charge >= 0.3 is 11.9 Å². The summed E-state index contributed by atoms with van der Waals surface area (Å²) >= 11 is 0. The summed E-state index contributed by atoms with van der Waals surface area (Å²) in [7, 11) is 0. The molecule has 0 aliphatic rings. The molecule has 0 aliphatic carbocycles. The van der Waals surface area contributed by atoms with Crippen LogP contribution in [0.5, 0.6) is 0 Å². The van der Waals surface area contributed by atoms with E-state index in [0.29, 0.717) is 13.2 Å². The van der Waals surface area contributed by atoms with Crippen molar-refractivity contribution < 1.29 is 23.8 Å². The van der Waals surface area contributed by atoms with E-state index in [4.69, 9.17) is 9.47 Å². The van der Waals surface area contributed by atoms with Gasteiger partial charge in [0.25, 0.3) is 0 Å². The van der Waals surface area contributed by atoms with Crippen LogP contribution < -0.4 is 0 Å². The Balaban J connectivity index is 3.97. The molecule has 0 aromatic heterocycles. The highest BCUT2D eigenvalue weighted by molar-refractivity contribution is 5.89. The third-order valence-corrected chi connectivity index (χ3v) is 2.01. The van der Waals surface area contributed by atoms with Gasteiger partial charge in [-0.25, -0.2) is 9.59 Å². The van der Waals surface area contributed by atoms with E-state index in [1.807, 2.05) is 13.8 Å². The van der Waals surface area contributed by atoms with Crippen molar-refractivity contribution in [1.29, 1.82) is 0 Å². The average molecular weight is 246 g/mol. The van der Waals surface area contributed by atoms with Crippen molar-refractivity contribution in [2.24, 2.45) is 0 Å². The Bertz CT molecular complexity index is 215. The summed E-state index contributed by atoms with van der Waals surface area (Å²) in [5, 5.41) is 0. The lowest BCUT2D eigenvalue weighted by atomic mass is 10.4. The van der Waals surface area contributed by atoms with Gasteiger partial charge in [-0.15, -0.1) is 0 Å². The molecule has 100 valence electrons. The molecule has 0 unspecified atom stereocenters. The lowest BCUT2D eigenvalue weighted by Crippen LogP contribution is -2.31. The molecule has 0 fully saturated rings. The highest BCUT2D eigenvalue weighted by Gasteiger charge is 2.22. The molecule has 17 heavy (non-hydrogen) atoms. The summed E-state index contributed by atoms with van der Waals surface area (Å²) < 4.78 is 14.9. The van der Waals surface area contributed by atoms with E-state index in [1.165, 1.54) is 0 Å². The van der Waals surface area contributed by atoms with Crippen molar-refractivity contribution >= 4 is 11.9 Å². The summed E-state index contributed by atoms with van der Waals surface area (Å²) in [6, 6.07) is 0. The smallest absolute Gasteiger partial charge is 0.342 e. The van der Waals surface area contributed by atoms with Crippen LogP contribution in [0.4, 0.5) is 0 Å². The van der Waals surface area contributed by atoms with E-state index in [2.05, 4.69) is 4.74 Å². The van der Waals surface area contributed by atoms with Crippen LogP contribution in [-0.4, -0.2) is 37.4 Å². The van der Waals surface area contributed by atoms with E-state index in [0.717, 1.165) is 12.8 Å². The summed E-state index contributed by atoms with van der Waals surface area (Å²) in [4.78, 5) is 22.8. The topological polar surface area (TPSA) is 61.8 Å². The summed E-state index contributed by atoms with van der Waals surface area (Å²) in [6.07, 6.45) is 0.165. The molecule has 5 nitrogen and oxygen atoms in total. The molecule has 0 aliphatic heterocycles. The van der Waals surface area contributed by atoms with Gasteiger partial charge in [0.05, 0.1) is 0 Å². The number of ether oxygens (including phenoxy) is 3. The van der Waals surface area contributed by atoms with Crippen LogP contribution in [0.2, 0.25) is 0 Å². The van der Waals surface area contributed by atoms with Gasteiger partial charge in [-0.05, 0) is 26.7 Å². The fourth-order valence-electron chi connectivity index (χ4n) is 0.990. The minimum absolute atomic E-state index is 0.465. The van der Waals surface area contributed by atoms with Crippen LogP contribution in [0.1, 0.15) is 40.5 Å². The number of hydrogen-bond donors (Lipinski definition) is 0. The Morgan fingerprint density at radius 2 is 1.24 bits per heavy atom. The highest BCUT2D eigenvalue weighted by Crippen LogP contribution is 2.01. The van der Waals surface area contributed by atoms with Crippen molar-refractivity contribution in [2.45, 2.75) is 52.7 Å². The first-order chi connectivity index (χ1) is 8.02. The van der Waals surface area contributed by atoms with Crippen molar-refractivity contribution in [3.8, 4) is 0 Å². The molecule has 0 saturated carbocycles. The summed E-state index contributed by atoms with van der Waals surface area (Å²) in [5.41, 5.74) is 0. The summed E-state index contributed by atoms with van der Waals surface area (Å²) in [5.74, 6) is -1.34. The fraction of sp³-hybridized carbons (Fsp3) is 0.833. The predicted molar refractivity (Wildman–Crippen MR) is 62.5 cm³/mol. The maximum absolute atomic E-state index is 11.4. The van der Waals surface area contributed by atoms with E-state index in [9.17, 15) is 9.59 Å². The molecule has 0 bridgehead atoms. The predicted octanol–water partition coefficient (Wildman–Crippen LogP) is 1.69. The van der Waals surface area contributed by atoms with Gasteiger partial charge in [0.1, 0.15) is 0 Å². The van der Waals surface area contributed by atoms with E-state index in [-0.39, 0.29) is 0 Å². The maximum Gasteiger partial charge on any atom is 0.342 e. The number of carbonyl (C=O) groups excluding carboxylic acids is 2. The molecular formula is C12H22O5. The fourth-order valence-corrected chi connectivity index (χ4v) is 0.990. The SMILES string of the molecule is CCCO[C@@H](C)C(=O)OC(=O)[C@H](C)OCCC. The number of hydrogen-bond acceptors (Lipinski definition) is 5. The van der Waals surface area contributed by atoms with Crippen LogP contribution >= 0.6 is 0 Å². The minimum atomic E-state index is -0.725. The molecular weight excluding hydrogens is 224 g/mol. The molecule has 0 heterocycles. The van der Waals surface area contributed by atoms with Gasteiger partial charge in [-0.3, -0.25) is 0 Å². The van der Waals surface area contributed by atoms with Crippen LogP contribution in [-0.2, 0) is 23.8 Å². The zero-order valence-corrected chi connectivity index (χ0v) is 11.0. The van der Waals surface area contributed by atoms with E-state index < -0.39 is 24.1 Å². The lowest BCUT2D eigenvalue weighted by Gasteiger charge is -2.14. The van der Waals surface area contributed by atoms with Crippen LogP contribution in [0.25, 0.3) is 0 Å². The van der Waals surface area contributed by atoms with Gasteiger partial charge in [-0.2, -0.15) is 0 Å². The Morgan fingerprint density at radius 1 is 0.882 bits per heavy atom. The second-order valence-electron chi connectivity index (χ2n) is 3.77. The van der Waals surface area contributed by atoms with Gasteiger partial charge in [0, 0.05) is 13.2 Å². The van der Waals surface area contributed by atoms with Gasteiger partial charge in [-0.1, -0.05) is 13.8 Å². The minimum Gasteiger partial charge on any atom is -0.389 e. The molecule has 5 heteroatoms. The zero-order valence-electron chi connectivity index (χ0n) is 11.0. The largest absolute Gasteiger partial charge is 0.389 e. The van der Waals surface area contributed by atoms with Crippen molar-refractivity contribution in [3.05, 3.63) is 0 Å². The third-order valence-electron chi connectivity index (χ3n) is 2.01. The van der Waals surface area contributed by atoms with Gasteiger partial charge < -0.3 is 14.2 Å². The number of carbonyl (C=O) groups is 2. The van der Waals surface area contributed by atoms with E-state index >= 15 is 0 Å². The molecule has 0 amide bonds. The Kier molecular flexibility index (Phi) is 8.62. The standard InChI is InChI=1S/C12H22O5/c1-5-7-15-9(3)11(13)17-12(14)10(4)16-8-6-2/h9-10H,5-8H2,1-4H3/t9-,10-/m0/s1. The first-order valence-corrected chi connectivity index (χ1v) is 6.01. The second kappa shape index (κ2) is 9.13. The first-order valence-electron chi connectivity index (χ1n) is 6.01. The normalized spacial score (nSPS) is 14.1. The van der Waals surface area contributed by atoms with Crippen LogP contribution in [0.3, 0.4) is 0 Å². The van der Waals surface area contributed by atoms with E-state index in [1.54, 1.807) is 13.8 Å². The molecule has 0 spiro atoms. The third kappa shape index (κ3) is 7.07. The first kappa shape index (κ1) is 16.1. The zero-order chi connectivity index (χ0) is 13.3. The molecule has 2 atom stereocenters. The Morgan fingerprint density at radius 3 is 1.53 bits per heavy atom. The molecule has 0 radical (unpaired) electrons. The quantitative estimate of drug-likeness (QED) is 0.481. The Hall–Kier alpha value is -0.940. The number of rotatable bonds is 8. The monoisotopic (exact) mass is 246 g/mol. The molecule has 0 aromatic rings. The molecule has 0 saturated heterocycles. The van der Waals surface area contributed by atoms with Crippen LogP contribution in [0.15, 0.2) is 0 Å². The highest BCUT2D eigenvalue weighted by atomic mass is 16.6. The van der Waals surface area contributed by atoms with Crippen molar-refractivity contribution in [2.75, 3.05) is 13.2 Å². The lowest BCUT2D eigenvalue weighted by molar-refractivity contribution is -0.174. The molecule has 0 aromatic carbocycles. The van der Waals surface area contributed by atoms with Crippen LogP contribution in [0, 0.1) is 0 Å². The Labute approximate surface area is 102 Å². The number of esters is 2. The van der Waals surface area contributed by atoms with Crippen molar-refractivity contribution in [3.63, 3.8) is 0 Å². The van der Waals surface area contributed by atoms with Gasteiger partial charge in [0.2, 0.25) is 0 Å². The summed E-state index contributed by atoms with van der Waals surface area (Å²) in [6.45, 7) is 7.91. The average Bonchev–Trinajstić information content (AvgIpc) is 2.32. The molecule has 0 N–H and O–H groups in total. The molecule has 0 rings (SSSR count). The second-order valence-corrected chi connectivity index (χ2v) is 3.77.